The normalized spacial score (nSPS) is 10.8. The fourth-order valence-corrected chi connectivity index (χ4v) is 2.71. The highest BCUT2D eigenvalue weighted by atomic mass is 19.1. The monoisotopic (exact) mass is 362 g/mol. The van der Waals surface area contributed by atoms with Gasteiger partial charge in [0.05, 0.1) is 11.4 Å². The van der Waals surface area contributed by atoms with Crippen molar-refractivity contribution in [2.45, 2.75) is 0 Å². The first-order chi connectivity index (χ1) is 13.1. The van der Waals surface area contributed by atoms with Crippen LogP contribution in [0.3, 0.4) is 0 Å². The Hall–Kier alpha value is -3.47. The van der Waals surface area contributed by atoms with E-state index in [1.807, 2.05) is 0 Å². The molecule has 0 spiro atoms. The summed E-state index contributed by atoms with van der Waals surface area (Å²) in [6.07, 6.45) is 0. The van der Waals surface area contributed by atoms with Crippen LogP contribution >= 0.6 is 0 Å². The van der Waals surface area contributed by atoms with E-state index >= 15 is 0 Å². The van der Waals surface area contributed by atoms with Gasteiger partial charge < -0.3 is 0 Å². The molecular weight excluding hydrogens is 349 g/mol. The number of nitrogens with zero attached hydrogens (tertiary/aromatic N) is 2. The Bertz CT molecular complexity index is 920. The molecule has 0 aliphatic heterocycles. The van der Waals surface area contributed by atoms with Gasteiger partial charge in [-0.1, -0.05) is 0 Å². The predicted molar refractivity (Wildman–Crippen MR) is 98.2 cm³/mol. The standard InChI is InChI=1S/C22H13F3N2/c23-17-7-1-14(2-8-17)20-13-21(15-3-9-18(24)10-4-15)27-22(26-20)16-5-11-19(25)12-6-16/h1-13H. The highest BCUT2D eigenvalue weighted by Gasteiger charge is 2.11. The first-order valence-electron chi connectivity index (χ1n) is 8.25. The molecule has 4 aromatic rings. The molecule has 0 aliphatic carbocycles. The summed E-state index contributed by atoms with van der Waals surface area (Å²) in [6.45, 7) is 0. The van der Waals surface area contributed by atoms with Crippen molar-refractivity contribution in [3.63, 3.8) is 0 Å². The maximum atomic E-state index is 13.3. The molecule has 4 rings (SSSR count). The van der Waals surface area contributed by atoms with Crippen LogP contribution in [-0.4, -0.2) is 9.97 Å². The summed E-state index contributed by atoms with van der Waals surface area (Å²) in [4.78, 5) is 9.09. The highest BCUT2D eigenvalue weighted by Crippen LogP contribution is 2.27. The van der Waals surface area contributed by atoms with Gasteiger partial charge in [-0.15, -0.1) is 0 Å². The first-order valence-corrected chi connectivity index (χ1v) is 8.25. The zero-order valence-electron chi connectivity index (χ0n) is 14.0. The third-order valence-corrected chi connectivity index (χ3v) is 4.11. The molecule has 3 aromatic carbocycles. The Morgan fingerprint density at radius 3 is 1.15 bits per heavy atom. The lowest BCUT2D eigenvalue weighted by Crippen LogP contribution is -1.96. The Balaban J connectivity index is 1.89. The molecule has 1 heterocycles. The minimum atomic E-state index is -0.354. The molecule has 132 valence electrons. The number of hydrogen-bond donors (Lipinski definition) is 0. The van der Waals surface area contributed by atoms with Gasteiger partial charge in [-0.05, 0) is 78.9 Å². The molecule has 0 bridgehead atoms. The van der Waals surface area contributed by atoms with Crippen molar-refractivity contribution in [1.29, 1.82) is 0 Å². The van der Waals surface area contributed by atoms with Crippen molar-refractivity contribution >= 4 is 0 Å². The second-order valence-corrected chi connectivity index (χ2v) is 5.98. The molecule has 0 radical (unpaired) electrons. The minimum absolute atomic E-state index is 0.342. The van der Waals surface area contributed by atoms with Crippen LogP contribution in [0, 0.1) is 17.5 Å². The van der Waals surface area contributed by atoms with Gasteiger partial charge in [-0.25, -0.2) is 23.1 Å². The van der Waals surface area contributed by atoms with Gasteiger partial charge >= 0.3 is 0 Å². The van der Waals surface area contributed by atoms with Gasteiger partial charge in [0, 0.05) is 16.7 Å². The molecule has 0 N–H and O–H groups in total. The largest absolute Gasteiger partial charge is 0.228 e. The lowest BCUT2D eigenvalue weighted by molar-refractivity contribution is 0.627. The molecule has 0 amide bonds. The predicted octanol–water partition coefficient (Wildman–Crippen LogP) is 5.89. The zero-order valence-corrected chi connectivity index (χ0v) is 14.0. The second-order valence-electron chi connectivity index (χ2n) is 5.98. The van der Waals surface area contributed by atoms with E-state index in [-0.39, 0.29) is 17.5 Å². The van der Waals surface area contributed by atoms with Crippen LogP contribution < -0.4 is 0 Å². The molecule has 0 saturated heterocycles. The number of hydrogen-bond acceptors (Lipinski definition) is 2. The van der Waals surface area contributed by atoms with Crippen LogP contribution in [-0.2, 0) is 0 Å². The summed E-state index contributed by atoms with van der Waals surface area (Å²) in [5, 5.41) is 0. The van der Waals surface area contributed by atoms with Gasteiger partial charge in [-0.3, -0.25) is 0 Å². The van der Waals surface area contributed by atoms with Gasteiger partial charge in [-0.2, -0.15) is 0 Å². The molecule has 1 aromatic heterocycles. The summed E-state index contributed by atoms with van der Waals surface area (Å²) in [5.41, 5.74) is 3.24. The summed E-state index contributed by atoms with van der Waals surface area (Å²) in [7, 11) is 0. The maximum absolute atomic E-state index is 13.3. The van der Waals surface area contributed by atoms with Crippen molar-refractivity contribution < 1.29 is 13.2 Å². The molecule has 0 atom stereocenters. The number of aromatic nitrogens is 2. The zero-order chi connectivity index (χ0) is 18.8. The van der Waals surface area contributed by atoms with Crippen LogP contribution in [0.2, 0.25) is 0 Å². The SMILES string of the molecule is Fc1ccc(-c2cc(-c3ccc(F)cc3)nc(-c3ccc(F)cc3)n2)cc1. The molecule has 0 aliphatic rings. The molecule has 0 saturated carbocycles. The minimum Gasteiger partial charge on any atom is -0.228 e. The third kappa shape index (κ3) is 3.72. The van der Waals surface area contributed by atoms with Crippen molar-refractivity contribution in [1.82, 2.24) is 9.97 Å². The second kappa shape index (κ2) is 7.03. The van der Waals surface area contributed by atoms with E-state index < -0.39 is 0 Å². The number of halogens is 3. The van der Waals surface area contributed by atoms with Crippen molar-refractivity contribution in [2.24, 2.45) is 0 Å². The summed E-state index contributed by atoms with van der Waals surface area (Å²) < 4.78 is 39.8. The molecule has 0 unspecified atom stereocenters. The summed E-state index contributed by atoms with van der Waals surface area (Å²) >= 11 is 0. The average molecular weight is 362 g/mol. The Labute approximate surface area is 154 Å². The Morgan fingerprint density at radius 1 is 0.444 bits per heavy atom. The van der Waals surface area contributed by atoms with E-state index in [0.717, 1.165) is 0 Å². The summed E-state index contributed by atoms with van der Waals surface area (Å²) in [6, 6.07) is 19.5. The van der Waals surface area contributed by atoms with E-state index in [0.29, 0.717) is 33.9 Å². The number of rotatable bonds is 3. The van der Waals surface area contributed by atoms with E-state index in [1.54, 1.807) is 42.5 Å². The van der Waals surface area contributed by atoms with Gasteiger partial charge in [0.25, 0.3) is 0 Å². The molecule has 27 heavy (non-hydrogen) atoms. The van der Waals surface area contributed by atoms with E-state index in [1.165, 1.54) is 36.4 Å². The van der Waals surface area contributed by atoms with Crippen LogP contribution in [0.4, 0.5) is 13.2 Å². The smallest absolute Gasteiger partial charge is 0.160 e. The van der Waals surface area contributed by atoms with Crippen molar-refractivity contribution in [3.05, 3.63) is 96.3 Å². The van der Waals surface area contributed by atoms with Crippen LogP contribution in [0.15, 0.2) is 78.9 Å². The number of benzene rings is 3. The maximum Gasteiger partial charge on any atom is 0.160 e. The average Bonchev–Trinajstić information content (AvgIpc) is 2.69. The lowest BCUT2D eigenvalue weighted by atomic mass is 10.1. The highest BCUT2D eigenvalue weighted by molar-refractivity contribution is 5.71. The summed E-state index contributed by atoms with van der Waals surface area (Å²) in [5.74, 6) is -0.640. The van der Waals surface area contributed by atoms with Gasteiger partial charge in [0.1, 0.15) is 17.5 Å². The quantitative estimate of drug-likeness (QED) is 0.454. The third-order valence-electron chi connectivity index (χ3n) is 4.11. The van der Waals surface area contributed by atoms with Crippen LogP contribution in [0.5, 0.6) is 0 Å². The van der Waals surface area contributed by atoms with Crippen LogP contribution in [0.25, 0.3) is 33.9 Å². The van der Waals surface area contributed by atoms with Crippen LogP contribution in [0.1, 0.15) is 0 Å². The molecule has 0 fully saturated rings. The molecule has 5 heteroatoms. The van der Waals surface area contributed by atoms with Crippen molar-refractivity contribution in [2.75, 3.05) is 0 Å². The van der Waals surface area contributed by atoms with E-state index in [9.17, 15) is 13.2 Å². The van der Waals surface area contributed by atoms with Gasteiger partial charge in [0.2, 0.25) is 0 Å². The van der Waals surface area contributed by atoms with Crippen molar-refractivity contribution in [3.8, 4) is 33.9 Å². The fraction of sp³-hybridized carbons (Fsp3) is 0. The molecule has 2 nitrogen and oxygen atoms in total. The lowest BCUT2D eigenvalue weighted by Gasteiger charge is -2.09. The molecular formula is C22H13F3N2. The first kappa shape index (κ1) is 17.0. The van der Waals surface area contributed by atoms with E-state index in [4.69, 9.17) is 0 Å². The van der Waals surface area contributed by atoms with E-state index in [2.05, 4.69) is 9.97 Å². The Morgan fingerprint density at radius 2 is 0.778 bits per heavy atom. The Kier molecular flexibility index (Phi) is 4.42. The topological polar surface area (TPSA) is 25.8 Å². The fourth-order valence-electron chi connectivity index (χ4n) is 2.71. The van der Waals surface area contributed by atoms with Gasteiger partial charge in [0.15, 0.2) is 5.82 Å².